The van der Waals surface area contributed by atoms with Gasteiger partial charge >= 0.3 is 0 Å². The van der Waals surface area contributed by atoms with Crippen molar-refractivity contribution in [2.45, 2.75) is 26.8 Å². The Labute approximate surface area is 108 Å². The molecule has 0 aliphatic carbocycles. The van der Waals surface area contributed by atoms with Crippen molar-refractivity contribution >= 4 is 27.9 Å². The van der Waals surface area contributed by atoms with E-state index in [4.69, 9.17) is 5.26 Å². The zero-order chi connectivity index (χ0) is 12.4. The predicted molar refractivity (Wildman–Crippen MR) is 70.5 cm³/mol. The molecule has 0 aliphatic heterocycles. The first kappa shape index (κ1) is 12.0. The lowest BCUT2D eigenvalue weighted by atomic mass is 10.2. The molecule has 0 saturated heterocycles. The minimum Gasteiger partial charge on any atom is -0.366 e. The number of hydrogen-bond acceptors (Lipinski definition) is 6. The fourth-order valence-electron chi connectivity index (χ4n) is 1.43. The molecular formula is C11H12N4S2. The number of nitrogens with zero attached hydrogens (tertiary/aromatic N) is 3. The molecule has 17 heavy (non-hydrogen) atoms. The van der Waals surface area contributed by atoms with Crippen LogP contribution in [0.1, 0.15) is 34.1 Å². The molecule has 0 fully saturated rings. The molecule has 88 valence electrons. The summed E-state index contributed by atoms with van der Waals surface area (Å²) in [4.78, 5) is 5.52. The van der Waals surface area contributed by atoms with Crippen LogP contribution in [0.15, 0.2) is 6.20 Å². The van der Waals surface area contributed by atoms with Gasteiger partial charge in [0.05, 0.1) is 11.7 Å². The molecule has 1 atom stereocenters. The summed E-state index contributed by atoms with van der Waals surface area (Å²) in [5, 5.41) is 14.2. The molecular weight excluding hydrogens is 252 g/mol. The molecule has 1 unspecified atom stereocenters. The van der Waals surface area contributed by atoms with E-state index >= 15 is 0 Å². The van der Waals surface area contributed by atoms with Gasteiger partial charge in [0.25, 0.3) is 0 Å². The highest BCUT2D eigenvalue weighted by molar-refractivity contribution is 7.11. The smallest absolute Gasteiger partial charge is 0.128 e. The minimum atomic E-state index is 0.0978. The zero-order valence-electron chi connectivity index (χ0n) is 9.81. The molecule has 2 heterocycles. The van der Waals surface area contributed by atoms with Crippen molar-refractivity contribution in [1.82, 2.24) is 9.36 Å². The first-order chi connectivity index (χ1) is 8.11. The minimum absolute atomic E-state index is 0.0978. The van der Waals surface area contributed by atoms with Gasteiger partial charge in [0.15, 0.2) is 0 Å². The lowest BCUT2D eigenvalue weighted by Gasteiger charge is -2.10. The average Bonchev–Trinajstić information content (AvgIpc) is 2.86. The van der Waals surface area contributed by atoms with Crippen LogP contribution in [-0.4, -0.2) is 9.36 Å². The van der Waals surface area contributed by atoms with Gasteiger partial charge < -0.3 is 5.32 Å². The van der Waals surface area contributed by atoms with E-state index in [0.717, 1.165) is 15.7 Å². The van der Waals surface area contributed by atoms with Crippen molar-refractivity contribution in [3.63, 3.8) is 0 Å². The molecule has 0 saturated carbocycles. The van der Waals surface area contributed by atoms with E-state index in [0.29, 0.717) is 5.56 Å². The molecule has 0 amide bonds. The fraction of sp³-hybridized carbons (Fsp3) is 0.364. The maximum Gasteiger partial charge on any atom is 0.128 e. The largest absolute Gasteiger partial charge is 0.366 e. The average molecular weight is 264 g/mol. The van der Waals surface area contributed by atoms with E-state index in [1.165, 1.54) is 16.4 Å². The normalized spacial score (nSPS) is 12.1. The Morgan fingerprint density at radius 2 is 2.24 bits per heavy atom. The SMILES string of the molecule is Cc1cnc(C(C)Nc2snc(C)c2C#N)s1. The molecule has 4 nitrogen and oxygen atoms in total. The molecule has 0 aliphatic rings. The van der Waals surface area contributed by atoms with Crippen LogP contribution < -0.4 is 5.32 Å². The Hall–Kier alpha value is -1.45. The second kappa shape index (κ2) is 4.82. The monoisotopic (exact) mass is 264 g/mol. The van der Waals surface area contributed by atoms with Gasteiger partial charge in [0, 0.05) is 11.1 Å². The van der Waals surface area contributed by atoms with Crippen LogP contribution in [0.2, 0.25) is 0 Å². The lowest BCUT2D eigenvalue weighted by molar-refractivity contribution is 0.873. The molecule has 0 aromatic carbocycles. The number of rotatable bonds is 3. The van der Waals surface area contributed by atoms with Crippen molar-refractivity contribution in [3.8, 4) is 6.07 Å². The highest BCUT2D eigenvalue weighted by Crippen LogP contribution is 2.29. The lowest BCUT2D eigenvalue weighted by Crippen LogP contribution is -2.05. The summed E-state index contributed by atoms with van der Waals surface area (Å²) >= 11 is 2.99. The van der Waals surface area contributed by atoms with E-state index in [2.05, 4.69) is 20.7 Å². The van der Waals surface area contributed by atoms with E-state index < -0.39 is 0 Å². The molecule has 2 aromatic heterocycles. The van der Waals surface area contributed by atoms with Gasteiger partial charge in [0.1, 0.15) is 21.6 Å². The van der Waals surface area contributed by atoms with Crippen LogP contribution in [0.4, 0.5) is 5.00 Å². The standard InChI is InChI=1S/C11H12N4S2/c1-6-5-13-10(16-6)8(3)14-11-9(4-12)7(2)15-17-11/h5,8,14H,1-3H3. The van der Waals surface area contributed by atoms with Gasteiger partial charge in [-0.15, -0.1) is 11.3 Å². The maximum atomic E-state index is 9.04. The molecule has 6 heteroatoms. The Bertz CT molecular complexity index is 564. The Morgan fingerprint density at radius 3 is 2.82 bits per heavy atom. The van der Waals surface area contributed by atoms with Gasteiger partial charge in [-0.2, -0.15) is 9.64 Å². The van der Waals surface area contributed by atoms with Crippen molar-refractivity contribution in [2.24, 2.45) is 0 Å². The molecule has 1 N–H and O–H groups in total. The number of hydrogen-bond donors (Lipinski definition) is 1. The van der Waals surface area contributed by atoms with Gasteiger partial charge in [-0.1, -0.05) is 0 Å². The molecule has 0 spiro atoms. The summed E-state index contributed by atoms with van der Waals surface area (Å²) in [7, 11) is 0. The van der Waals surface area contributed by atoms with Crippen LogP contribution >= 0.6 is 22.9 Å². The van der Waals surface area contributed by atoms with Crippen molar-refractivity contribution < 1.29 is 0 Å². The number of anilines is 1. The third-order valence-electron chi connectivity index (χ3n) is 2.33. The number of aryl methyl sites for hydroxylation is 2. The summed E-state index contributed by atoms with van der Waals surface area (Å²) in [5.41, 5.74) is 1.41. The number of nitriles is 1. The van der Waals surface area contributed by atoms with Crippen LogP contribution in [0.3, 0.4) is 0 Å². The quantitative estimate of drug-likeness (QED) is 0.924. The van der Waals surface area contributed by atoms with Gasteiger partial charge in [0.2, 0.25) is 0 Å². The van der Waals surface area contributed by atoms with E-state index in [1.807, 2.05) is 27.0 Å². The van der Waals surface area contributed by atoms with Crippen LogP contribution in [-0.2, 0) is 0 Å². The molecule has 0 radical (unpaired) electrons. The molecule has 2 aromatic rings. The maximum absolute atomic E-state index is 9.04. The summed E-state index contributed by atoms with van der Waals surface area (Å²) < 4.78 is 4.18. The van der Waals surface area contributed by atoms with Crippen molar-refractivity contribution in [3.05, 3.63) is 27.3 Å². The van der Waals surface area contributed by atoms with Gasteiger partial charge in [-0.05, 0) is 32.3 Å². The first-order valence-electron chi connectivity index (χ1n) is 5.17. The fourth-order valence-corrected chi connectivity index (χ4v) is 3.04. The molecule has 2 rings (SSSR count). The Balaban J connectivity index is 2.19. The summed E-state index contributed by atoms with van der Waals surface area (Å²) in [6, 6.07) is 2.27. The van der Waals surface area contributed by atoms with Crippen LogP contribution in [0.25, 0.3) is 0 Å². The number of thiazole rings is 1. The summed E-state index contributed by atoms with van der Waals surface area (Å²) in [6.45, 7) is 5.92. The number of aromatic nitrogens is 2. The van der Waals surface area contributed by atoms with E-state index in [-0.39, 0.29) is 6.04 Å². The topological polar surface area (TPSA) is 61.6 Å². The van der Waals surface area contributed by atoms with Gasteiger partial charge in [-0.3, -0.25) is 0 Å². The summed E-state index contributed by atoms with van der Waals surface area (Å²) in [5.74, 6) is 0. The van der Waals surface area contributed by atoms with Gasteiger partial charge in [-0.25, -0.2) is 4.98 Å². The summed E-state index contributed by atoms with van der Waals surface area (Å²) in [6.07, 6.45) is 1.86. The first-order valence-corrected chi connectivity index (χ1v) is 6.76. The Kier molecular flexibility index (Phi) is 3.41. The van der Waals surface area contributed by atoms with Crippen LogP contribution in [0, 0.1) is 25.2 Å². The van der Waals surface area contributed by atoms with Crippen molar-refractivity contribution in [1.29, 1.82) is 5.26 Å². The zero-order valence-corrected chi connectivity index (χ0v) is 11.4. The molecule has 0 bridgehead atoms. The van der Waals surface area contributed by atoms with Crippen LogP contribution in [0.5, 0.6) is 0 Å². The third kappa shape index (κ3) is 2.46. The van der Waals surface area contributed by atoms with Crippen molar-refractivity contribution in [2.75, 3.05) is 5.32 Å². The van der Waals surface area contributed by atoms with E-state index in [1.54, 1.807) is 11.3 Å². The second-order valence-corrected chi connectivity index (χ2v) is 5.80. The second-order valence-electron chi connectivity index (χ2n) is 3.76. The number of nitrogens with one attached hydrogen (secondary N) is 1. The highest BCUT2D eigenvalue weighted by atomic mass is 32.1. The third-order valence-corrected chi connectivity index (χ3v) is 4.30. The Morgan fingerprint density at radius 1 is 1.47 bits per heavy atom. The highest BCUT2D eigenvalue weighted by Gasteiger charge is 2.15. The predicted octanol–water partition coefficient (Wildman–Crippen LogP) is 3.26. The van der Waals surface area contributed by atoms with E-state index in [9.17, 15) is 0 Å².